The van der Waals surface area contributed by atoms with Crippen molar-refractivity contribution in [3.63, 3.8) is 0 Å². The van der Waals surface area contributed by atoms with Gasteiger partial charge in [-0.1, -0.05) is 18.6 Å². The maximum atomic E-state index is 13.5. The summed E-state index contributed by atoms with van der Waals surface area (Å²) in [4.78, 5) is 38.0. The van der Waals surface area contributed by atoms with Crippen LogP contribution in [0.3, 0.4) is 0 Å². The van der Waals surface area contributed by atoms with Crippen molar-refractivity contribution in [1.29, 1.82) is 0 Å². The number of nitrogens with one attached hydrogen (secondary N) is 3. The summed E-state index contributed by atoms with van der Waals surface area (Å²) >= 11 is 0. The van der Waals surface area contributed by atoms with Gasteiger partial charge in [-0.25, -0.2) is 0 Å². The number of benzene rings is 2. The van der Waals surface area contributed by atoms with Gasteiger partial charge in [-0.2, -0.15) is 0 Å². The lowest BCUT2D eigenvalue weighted by Gasteiger charge is -2.19. The summed E-state index contributed by atoms with van der Waals surface area (Å²) in [5, 5.41) is 9.25. The Kier molecular flexibility index (Phi) is 10.5. The Morgan fingerprint density at radius 2 is 1.72 bits per heavy atom. The highest BCUT2D eigenvalue weighted by Gasteiger charge is 2.29. The van der Waals surface area contributed by atoms with E-state index in [0.29, 0.717) is 72.4 Å². The molecule has 1 atom stereocenters. The minimum Gasteiger partial charge on any atom is -0.493 e. The number of methoxy groups -OCH3 is 3. The Bertz CT molecular complexity index is 1660. The van der Waals surface area contributed by atoms with Gasteiger partial charge in [0, 0.05) is 32.0 Å². The van der Waals surface area contributed by atoms with Crippen LogP contribution in [0.1, 0.15) is 61.8 Å². The average molecular weight is 632 g/mol. The molecule has 46 heavy (non-hydrogen) atoms. The molecule has 5 rings (SSSR count). The van der Waals surface area contributed by atoms with E-state index in [1.165, 1.54) is 6.92 Å². The Balaban J connectivity index is 1.24. The minimum absolute atomic E-state index is 0.0114. The topological polar surface area (TPSA) is 133 Å². The third-order valence-corrected chi connectivity index (χ3v) is 8.24. The number of hydrogen-bond donors (Lipinski definition) is 3. The summed E-state index contributed by atoms with van der Waals surface area (Å²) < 4.78 is 27.8. The number of aryl methyl sites for hydroxylation is 1. The van der Waals surface area contributed by atoms with Crippen molar-refractivity contribution in [3.05, 3.63) is 69.4 Å². The molecule has 0 fully saturated rings. The molecule has 0 aromatic heterocycles. The van der Waals surface area contributed by atoms with Crippen LogP contribution in [0.25, 0.3) is 11.1 Å². The van der Waals surface area contributed by atoms with Crippen LogP contribution in [0.15, 0.2) is 47.3 Å². The summed E-state index contributed by atoms with van der Waals surface area (Å²) in [7, 11) is 4.71. The largest absolute Gasteiger partial charge is 0.493 e. The van der Waals surface area contributed by atoms with Crippen LogP contribution in [-0.2, 0) is 22.6 Å². The van der Waals surface area contributed by atoms with Crippen molar-refractivity contribution in [2.45, 2.75) is 58.0 Å². The van der Waals surface area contributed by atoms with Crippen LogP contribution < -0.4 is 45.1 Å². The molecule has 0 saturated carbocycles. The fourth-order valence-electron chi connectivity index (χ4n) is 6.00. The van der Waals surface area contributed by atoms with Gasteiger partial charge in [0.15, 0.2) is 23.0 Å². The second-order valence-corrected chi connectivity index (χ2v) is 11.3. The molecule has 0 saturated heterocycles. The standard InChI is InChI=1S/C35H41N3O8/c1-21(39)38-26-12-10-23-17-31(42-2)34(43-3)35(44-4)33(23)24-11-13-27(28(40)18-25(24)26)36-15-7-5-6-8-32(41)37-19-22-9-14-29-30(16-22)46-20-45-29/h9,11,13-14,16-18,26H,5-8,10,12,15,19-20H2,1-4H3,(H,36,40)(H,37,41)(H,38,39)/t26-/m0/s1. The number of hydrogen-bond acceptors (Lipinski definition) is 9. The highest BCUT2D eigenvalue weighted by atomic mass is 16.7. The van der Waals surface area contributed by atoms with Crippen LogP contribution in [0.4, 0.5) is 5.69 Å². The van der Waals surface area contributed by atoms with Gasteiger partial charge in [0.1, 0.15) is 0 Å². The monoisotopic (exact) mass is 631 g/mol. The number of ether oxygens (including phenoxy) is 5. The van der Waals surface area contributed by atoms with Crippen LogP contribution in [0.2, 0.25) is 0 Å². The van der Waals surface area contributed by atoms with Gasteiger partial charge in [-0.3, -0.25) is 14.4 Å². The van der Waals surface area contributed by atoms with E-state index in [-0.39, 0.29) is 30.1 Å². The zero-order valence-corrected chi connectivity index (χ0v) is 26.7. The normalized spacial score (nSPS) is 14.3. The number of unbranched alkanes of at least 4 members (excludes halogenated alkanes) is 2. The fraction of sp³-hybridized carbons (Fsp3) is 0.400. The number of carbonyl (C=O) groups excluding carboxylic acids is 2. The molecule has 1 aliphatic carbocycles. The molecule has 11 heteroatoms. The maximum Gasteiger partial charge on any atom is 0.231 e. The molecule has 11 nitrogen and oxygen atoms in total. The smallest absolute Gasteiger partial charge is 0.231 e. The Morgan fingerprint density at radius 3 is 2.48 bits per heavy atom. The summed E-state index contributed by atoms with van der Waals surface area (Å²) in [5.74, 6) is 2.74. The van der Waals surface area contributed by atoms with E-state index in [4.69, 9.17) is 23.7 Å². The Labute approximate surface area is 268 Å². The maximum absolute atomic E-state index is 13.5. The van der Waals surface area contributed by atoms with E-state index in [1.54, 1.807) is 33.5 Å². The molecule has 3 aromatic rings. The molecule has 3 N–H and O–H groups in total. The van der Waals surface area contributed by atoms with Crippen molar-refractivity contribution in [2.24, 2.45) is 0 Å². The van der Waals surface area contributed by atoms with Gasteiger partial charge in [0.25, 0.3) is 0 Å². The molecule has 0 radical (unpaired) electrons. The van der Waals surface area contributed by atoms with E-state index in [1.807, 2.05) is 30.3 Å². The predicted octanol–water partition coefficient (Wildman–Crippen LogP) is 4.88. The van der Waals surface area contributed by atoms with Gasteiger partial charge in [0.2, 0.25) is 29.8 Å². The van der Waals surface area contributed by atoms with Gasteiger partial charge in [-0.05, 0) is 78.3 Å². The van der Waals surface area contributed by atoms with E-state index >= 15 is 0 Å². The second kappa shape index (κ2) is 14.9. The molecule has 0 unspecified atom stereocenters. The summed E-state index contributed by atoms with van der Waals surface area (Å²) in [5.41, 5.74) is 4.50. The molecule has 1 heterocycles. The van der Waals surface area contributed by atoms with Crippen LogP contribution in [0.5, 0.6) is 28.7 Å². The number of fused-ring (bicyclic) bond motifs is 4. The first-order valence-corrected chi connectivity index (χ1v) is 15.5. The predicted molar refractivity (Wildman–Crippen MR) is 174 cm³/mol. The van der Waals surface area contributed by atoms with Gasteiger partial charge < -0.3 is 39.6 Å². The number of amides is 2. The molecular formula is C35H41N3O8. The molecule has 2 amide bonds. The fourth-order valence-corrected chi connectivity index (χ4v) is 6.00. The third-order valence-electron chi connectivity index (χ3n) is 8.24. The quantitative estimate of drug-likeness (QED) is 0.226. The number of carbonyl (C=O) groups is 2. The zero-order valence-electron chi connectivity index (χ0n) is 26.7. The van der Waals surface area contributed by atoms with Gasteiger partial charge in [-0.15, -0.1) is 0 Å². The highest BCUT2D eigenvalue weighted by Crippen LogP contribution is 2.50. The lowest BCUT2D eigenvalue weighted by molar-refractivity contribution is -0.121. The number of rotatable bonds is 13. The highest BCUT2D eigenvalue weighted by molar-refractivity contribution is 5.83. The molecular weight excluding hydrogens is 590 g/mol. The van der Waals surface area contributed by atoms with E-state index in [0.717, 1.165) is 41.5 Å². The summed E-state index contributed by atoms with van der Waals surface area (Å²) in [6.07, 6.45) is 3.99. The van der Waals surface area contributed by atoms with Crippen LogP contribution in [0, 0.1) is 0 Å². The zero-order chi connectivity index (χ0) is 32.6. The molecule has 0 bridgehead atoms. The van der Waals surface area contributed by atoms with Crippen LogP contribution in [-0.4, -0.2) is 46.5 Å². The molecule has 2 aliphatic rings. The SMILES string of the molecule is COc1cc2c(c(OC)c1OC)-c1ccc(NCCCCCC(=O)NCc3ccc4c(c3)OCO4)c(=O)cc1[C@@H](NC(C)=O)CC2. The summed E-state index contributed by atoms with van der Waals surface area (Å²) in [6, 6.07) is 12.5. The van der Waals surface area contributed by atoms with Crippen molar-refractivity contribution < 1.29 is 33.3 Å². The molecule has 1 aliphatic heterocycles. The molecule has 3 aromatic carbocycles. The van der Waals surface area contributed by atoms with Crippen LogP contribution >= 0.6 is 0 Å². The van der Waals surface area contributed by atoms with Crippen molar-refractivity contribution in [2.75, 3.05) is 40.0 Å². The molecule has 244 valence electrons. The van der Waals surface area contributed by atoms with E-state index < -0.39 is 0 Å². The first-order valence-electron chi connectivity index (χ1n) is 15.5. The number of anilines is 1. The van der Waals surface area contributed by atoms with Crippen molar-refractivity contribution in [1.82, 2.24) is 10.6 Å². The first kappa shape index (κ1) is 32.5. The van der Waals surface area contributed by atoms with E-state index in [2.05, 4.69) is 16.0 Å². The lowest BCUT2D eigenvalue weighted by atomic mass is 9.95. The molecule has 0 spiro atoms. The second-order valence-electron chi connectivity index (χ2n) is 11.3. The van der Waals surface area contributed by atoms with Crippen molar-refractivity contribution >= 4 is 17.5 Å². The first-order chi connectivity index (χ1) is 22.3. The third kappa shape index (κ3) is 7.30. The Morgan fingerprint density at radius 1 is 0.913 bits per heavy atom. The van der Waals surface area contributed by atoms with Crippen molar-refractivity contribution in [3.8, 4) is 39.9 Å². The van der Waals surface area contributed by atoms with Gasteiger partial charge >= 0.3 is 0 Å². The van der Waals surface area contributed by atoms with Gasteiger partial charge in [0.05, 0.1) is 33.1 Å². The van der Waals surface area contributed by atoms with E-state index in [9.17, 15) is 14.4 Å². The summed E-state index contributed by atoms with van der Waals surface area (Å²) in [6.45, 7) is 2.69. The average Bonchev–Trinajstić information content (AvgIpc) is 3.40. The Hall–Kier alpha value is -4.93. The lowest BCUT2D eigenvalue weighted by Crippen LogP contribution is -2.26. The minimum atomic E-state index is -0.370.